The molecule has 2 rings (SSSR count). The molecule has 1 aromatic carbocycles. The van der Waals surface area contributed by atoms with Crippen molar-refractivity contribution in [1.29, 1.82) is 5.26 Å². The Balaban J connectivity index is 0.000000546. The van der Waals surface area contributed by atoms with Crippen LogP contribution in [-0.4, -0.2) is 51.6 Å². The Hall–Kier alpha value is -3.38. The molecule has 0 saturated heterocycles. The topological polar surface area (TPSA) is 114 Å². The van der Waals surface area contributed by atoms with Crippen molar-refractivity contribution in [3.05, 3.63) is 65.2 Å². The number of allylic oxidation sites excluding steroid dienone is 4. The van der Waals surface area contributed by atoms with Crippen LogP contribution in [0.3, 0.4) is 0 Å². The minimum atomic E-state index is -3.95. The molecule has 1 aromatic rings. The Labute approximate surface area is 329 Å². The van der Waals surface area contributed by atoms with Crippen LogP contribution in [0.25, 0.3) is 0 Å². The third-order valence-electron chi connectivity index (χ3n) is 10.1. The van der Waals surface area contributed by atoms with Crippen LogP contribution >= 0.6 is 0 Å². The summed E-state index contributed by atoms with van der Waals surface area (Å²) in [6.45, 7) is 19.2. The van der Waals surface area contributed by atoms with Crippen LogP contribution in [0.15, 0.2) is 70.1 Å². The van der Waals surface area contributed by atoms with Gasteiger partial charge in [-0.3, -0.25) is 4.79 Å². The fourth-order valence-corrected chi connectivity index (χ4v) is 8.23. The van der Waals surface area contributed by atoms with Crippen molar-refractivity contribution in [1.82, 2.24) is 4.90 Å². The Kier molecular flexibility index (Phi) is 24.5. The van der Waals surface area contributed by atoms with Gasteiger partial charge in [0.25, 0.3) is 0 Å². The van der Waals surface area contributed by atoms with Crippen LogP contribution in [-0.2, 0) is 28.9 Å². The summed E-state index contributed by atoms with van der Waals surface area (Å²) in [5.41, 5.74) is 1.57. The number of nitrogens with zero attached hydrogens (tertiary/aromatic N) is 2. The molecule has 0 fully saturated rings. The molecule has 9 heteroatoms. The number of carbonyl (C=O) groups excluding carboxylic acids is 2. The maximum Gasteiger partial charge on any atom is 0.350 e. The highest BCUT2D eigenvalue weighted by Crippen LogP contribution is 2.43. The second-order valence-corrected chi connectivity index (χ2v) is 17.1. The molecular weight excluding hydrogens is 697 g/mol. The predicted molar refractivity (Wildman–Crippen MR) is 221 cm³/mol. The second-order valence-electron chi connectivity index (χ2n) is 15.2. The molecule has 0 spiro atoms. The molecule has 0 heterocycles. The maximum absolute atomic E-state index is 13.0. The minimum Gasteiger partial charge on any atom is -0.465 e. The van der Waals surface area contributed by atoms with Crippen molar-refractivity contribution < 1.29 is 27.5 Å². The van der Waals surface area contributed by atoms with Gasteiger partial charge in [0.05, 0.1) is 24.2 Å². The lowest BCUT2D eigenvalue weighted by Gasteiger charge is -2.36. The number of benzene rings is 1. The molecule has 54 heavy (non-hydrogen) atoms. The van der Waals surface area contributed by atoms with Gasteiger partial charge < -0.3 is 14.4 Å². The first kappa shape index (κ1) is 48.6. The van der Waals surface area contributed by atoms with E-state index in [2.05, 4.69) is 46.8 Å². The zero-order chi connectivity index (χ0) is 40.4. The predicted octanol–water partition coefficient (Wildman–Crippen LogP) is 11.2. The number of rotatable bonds is 24. The van der Waals surface area contributed by atoms with Crippen LogP contribution in [0, 0.1) is 34.5 Å². The standard InChI is InChI=1S/C23H35NO4S.C22H37NO2/c1-4-7-8-9-10-14-20-28-23(25)22(18-15-19-24(5-2)6-3)29(26,27)21-16-12-11-13-17-21;1-6-9-10-17(7-2)11-12-18-13-19(15-22(4,5)14-18)20(16-23)21(24)25-8-3/h11-13,15-19H,4-10,14,20H2,1-3H3;13,17,19-20H,6-12,14-15H2,1-5H3/b19-15+,22-18-;. The number of esters is 2. The summed E-state index contributed by atoms with van der Waals surface area (Å²) >= 11 is 0. The van der Waals surface area contributed by atoms with Crippen LogP contribution < -0.4 is 0 Å². The van der Waals surface area contributed by atoms with Gasteiger partial charge in [0.2, 0.25) is 9.84 Å². The summed E-state index contributed by atoms with van der Waals surface area (Å²) in [5.74, 6) is -1.06. The summed E-state index contributed by atoms with van der Waals surface area (Å²) in [4.78, 5) is 26.5. The Bertz CT molecular complexity index is 1450. The monoisotopic (exact) mass is 769 g/mol. The molecule has 0 bridgehead atoms. The van der Waals surface area contributed by atoms with Crippen LogP contribution in [0.4, 0.5) is 0 Å². The van der Waals surface area contributed by atoms with Crippen LogP contribution in [0.5, 0.6) is 0 Å². The number of hydrogen-bond acceptors (Lipinski definition) is 8. The molecule has 3 atom stereocenters. The van der Waals surface area contributed by atoms with E-state index < -0.39 is 21.7 Å². The second kappa shape index (κ2) is 27.2. The number of nitriles is 1. The van der Waals surface area contributed by atoms with Gasteiger partial charge in [-0.2, -0.15) is 5.26 Å². The first-order chi connectivity index (χ1) is 25.8. The first-order valence-electron chi connectivity index (χ1n) is 20.7. The van der Waals surface area contributed by atoms with Gasteiger partial charge in [-0.25, -0.2) is 13.2 Å². The molecule has 1 aliphatic rings. The zero-order valence-corrected chi connectivity index (χ0v) is 35.7. The van der Waals surface area contributed by atoms with Crippen molar-refractivity contribution in [3.63, 3.8) is 0 Å². The maximum atomic E-state index is 13.0. The highest BCUT2D eigenvalue weighted by Gasteiger charge is 2.36. The Morgan fingerprint density at radius 2 is 1.57 bits per heavy atom. The summed E-state index contributed by atoms with van der Waals surface area (Å²) in [6.07, 6.45) is 22.7. The smallest absolute Gasteiger partial charge is 0.350 e. The lowest BCUT2D eigenvalue weighted by Crippen LogP contribution is -2.31. The van der Waals surface area contributed by atoms with Gasteiger partial charge in [0, 0.05) is 19.0 Å². The van der Waals surface area contributed by atoms with E-state index in [-0.39, 0.29) is 33.7 Å². The summed E-state index contributed by atoms with van der Waals surface area (Å²) in [6, 6.07) is 10.2. The fraction of sp³-hybridized carbons (Fsp3) is 0.667. The van der Waals surface area contributed by atoms with Crippen molar-refractivity contribution in [2.24, 2.45) is 23.2 Å². The molecular formula is C45H72N2O6S. The number of hydrogen-bond donors (Lipinski definition) is 0. The third-order valence-corrected chi connectivity index (χ3v) is 11.9. The van der Waals surface area contributed by atoms with Crippen LogP contribution in [0.1, 0.15) is 145 Å². The van der Waals surface area contributed by atoms with Gasteiger partial charge >= 0.3 is 11.9 Å². The molecule has 1 aliphatic carbocycles. The molecule has 0 saturated carbocycles. The van der Waals surface area contributed by atoms with E-state index in [1.165, 1.54) is 75.1 Å². The van der Waals surface area contributed by atoms with E-state index in [1.807, 2.05) is 18.7 Å². The van der Waals surface area contributed by atoms with E-state index in [9.17, 15) is 23.3 Å². The van der Waals surface area contributed by atoms with Gasteiger partial charge in [0.1, 0.15) is 5.92 Å². The highest BCUT2D eigenvalue weighted by molar-refractivity contribution is 7.96. The van der Waals surface area contributed by atoms with E-state index >= 15 is 0 Å². The average molecular weight is 769 g/mol. The molecule has 8 nitrogen and oxygen atoms in total. The Morgan fingerprint density at radius 3 is 2.17 bits per heavy atom. The molecule has 0 aromatic heterocycles. The lowest BCUT2D eigenvalue weighted by molar-refractivity contribution is -0.147. The van der Waals surface area contributed by atoms with Crippen molar-refractivity contribution in [2.75, 3.05) is 26.3 Å². The molecule has 304 valence electrons. The highest BCUT2D eigenvalue weighted by atomic mass is 32.2. The normalized spacial score (nSPS) is 16.7. The number of unbranched alkanes of at least 4 members (excludes halogenated alkanes) is 6. The fourth-order valence-electron chi connectivity index (χ4n) is 6.92. The van der Waals surface area contributed by atoms with E-state index in [0.29, 0.717) is 6.61 Å². The van der Waals surface area contributed by atoms with E-state index in [4.69, 9.17) is 9.47 Å². The van der Waals surface area contributed by atoms with E-state index in [0.717, 1.165) is 57.5 Å². The first-order valence-corrected chi connectivity index (χ1v) is 22.2. The van der Waals surface area contributed by atoms with Crippen molar-refractivity contribution in [2.45, 2.75) is 150 Å². The molecule has 3 unspecified atom stereocenters. The number of carbonyl (C=O) groups is 2. The minimum absolute atomic E-state index is 0.0153. The van der Waals surface area contributed by atoms with Crippen molar-refractivity contribution >= 4 is 21.8 Å². The number of sulfone groups is 1. The van der Waals surface area contributed by atoms with Crippen molar-refractivity contribution in [3.8, 4) is 6.07 Å². The molecule has 0 aliphatic heterocycles. The zero-order valence-electron chi connectivity index (χ0n) is 34.9. The summed E-state index contributed by atoms with van der Waals surface area (Å²) in [7, 11) is -3.95. The third kappa shape index (κ3) is 18.3. The average Bonchev–Trinajstić information content (AvgIpc) is 3.15. The SMILES string of the molecule is CCCCC(CC)CCC1=CC(C(C#N)C(=O)OCC)CC(C)(C)C1.CCCCCCCCOC(=O)/C(=C/C=C/N(CC)CC)S(=O)(=O)c1ccccc1. The van der Waals surface area contributed by atoms with Gasteiger partial charge in [-0.15, -0.1) is 0 Å². The van der Waals surface area contributed by atoms with E-state index in [1.54, 1.807) is 37.4 Å². The lowest BCUT2D eigenvalue weighted by atomic mass is 9.68. The summed E-state index contributed by atoms with van der Waals surface area (Å²) < 4.78 is 36.4. The van der Waals surface area contributed by atoms with Gasteiger partial charge in [0.15, 0.2) is 4.91 Å². The van der Waals surface area contributed by atoms with Gasteiger partial charge in [-0.05, 0) is 94.7 Å². The molecule has 0 radical (unpaired) electrons. The van der Waals surface area contributed by atoms with Crippen LogP contribution in [0.2, 0.25) is 0 Å². The largest absolute Gasteiger partial charge is 0.465 e. The van der Waals surface area contributed by atoms with Gasteiger partial charge in [-0.1, -0.05) is 122 Å². The quantitative estimate of drug-likeness (QED) is 0.0336. The molecule has 0 amide bonds. The summed E-state index contributed by atoms with van der Waals surface area (Å²) in [5, 5.41) is 9.50. The number of ether oxygens (including phenoxy) is 2. The molecule has 0 N–H and O–H groups in total. The Morgan fingerprint density at radius 1 is 0.926 bits per heavy atom.